The van der Waals surface area contributed by atoms with Crippen molar-refractivity contribution in [3.8, 4) is 11.8 Å². The third-order valence-electron chi connectivity index (χ3n) is 3.45. The first-order valence-corrected chi connectivity index (χ1v) is 6.42. The van der Waals surface area contributed by atoms with E-state index < -0.39 is 0 Å². The van der Waals surface area contributed by atoms with Crippen LogP contribution in [-0.2, 0) is 0 Å². The summed E-state index contributed by atoms with van der Waals surface area (Å²) in [5.41, 5.74) is 0.544. The number of nitriles is 1. The highest BCUT2D eigenvalue weighted by molar-refractivity contribution is 5.33. The van der Waals surface area contributed by atoms with Gasteiger partial charge in [0.25, 0.3) is 0 Å². The van der Waals surface area contributed by atoms with Gasteiger partial charge in [0, 0.05) is 31.7 Å². The molecule has 1 aliphatic rings. The number of halogens is 1. The van der Waals surface area contributed by atoms with Crippen LogP contribution in [-0.4, -0.2) is 38.2 Å². The van der Waals surface area contributed by atoms with E-state index in [0.717, 1.165) is 26.2 Å². The number of benzene rings is 1. The second-order valence-corrected chi connectivity index (χ2v) is 4.53. The van der Waals surface area contributed by atoms with Crippen LogP contribution in [0.25, 0.3) is 0 Å². The van der Waals surface area contributed by atoms with Crippen LogP contribution in [0.1, 0.15) is 18.0 Å². The molecule has 1 N–H and O–H groups in total. The van der Waals surface area contributed by atoms with Gasteiger partial charge in [-0.3, -0.25) is 4.90 Å². The fourth-order valence-corrected chi connectivity index (χ4v) is 2.46. The van der Waals surface area contributed by atoms with Crippen molar-refractivity contribution >= 4 is 0 Å². The van der Waals surface area contributed by atoms with Gasteiger partial charge in [0.2, 0.25) is 0 Å². The molecule has 0 amide bonds. The first-order valence-electron chi connectivity index (χ1n) is 6.42. The normalized spacial score (nSPS) is 17.7. The van der Waals surface area contributed by atoms with E-state index in [9.17, 15) is 4.39 Å². The van der Waals surface area contributed by atoms with E-state index in [1.165, 1.54) is 7.11 Å². The molecule has 19 heavy (non-hydrogen) atoms. The van der Waals surface area contributed by atoms with Crippen molar-refractivity contribution in [3.05, 3.63) is 29.6 Å². The highest BCUT2D eigenvalue weighted by Gasteiger charge is 2.25. The Morgan fingerprint density at radius 3 is 2.84 bits per heavy atom. The van der Waals surface area contributed by atoms with Crippen LogP contribution in [0.5, 0.6) is 5.75 Å². The maximum Gasteiger partial charge on any atom is 0.169 e. The molecule has 1 saturated heterocycles. The number of nitrogens with one attached hydrogen (secondary N) is 1. The van der Waals surface area contributed by atoms with Crippen molar-refractivity contribution < 1.29 is 9.13 Å². The van der Waals surface area contributed by atoms with E-state index >= 15 is 0 Å². The summed E-state index contributed by atoms with van der Waals surface area (Å²) in [5, 5.41) is 12.3. The molecule has 0 radical (unpaired) electrons. The number of rotatable bonds is 4. The Labute approximate surface area is 112 Å². The Bertz CT molecular complexity index is 466. The quantitative estimate of drug-likeness (QED) is 0.898. The Morgan fingerprint density at radius 2 is 2.21 bits per heavy atom. The highest BCUT2D eigenvalue weighted by atomic mass is 19.1. The number of ether oxygens (including phenoxy) is 1. The van der Waals surface area contributed by atoms with Gasteiger partial charge >= 0.3 is 0 Å². The lowest BCUT2D eigenvalue weighted by atomic mass is 10.0. The Hall–Kier alpha value is -1.64. The lowest BCUT2D eigenvalue weighted by Crippen LogP contribution is -2.45. The van der Waals surface area contributed by atoms with E-state index in [-0.39, 0.29) is 24.0 Å². The third kappa shape index (κ3) is 3.03. The van der Waals surface area contributed by atoms with Crippen LogP contribution < -0.4 is 10.1 Å². The minimum atomic E-state index is -0.358. The molecular formula is C14H18FN3O. The summed E-state index contributed by atoms with van der Waals surface area (Å²) in [4.78, 5) is 2.15. The van der Waals surface area contributed by atoms with Crippen molar-refractivity contribution in [1.82, 2.24) is 10.2 Å². The molecule has 102 valence electrons. The standard InChI is InChI=1S/C14H18FN3O/c1-19-13-4-2-3-11(14(13)15)12(5-6-16)18-9-7-17-8-10-18/h2-4,12,17H,5,7-10H2,1H3/t12-/m0/s1. The van der Waals surface area contributed by atoms with Gasteiger partial charge < -0.3 is 10.1 Å². The van der Waals surface area contributed by atoms with E-state index in [2.05, 4.69) is 16.3 Å². The first kappa shape index (κ1) is 13.8. The molecule has 1 aromatic carbocycles. The maximum absolute atomic E-state index is 14.3. The number of hydrogen-bond donors (Lipinski definition) is 1. The Balaban J connectivity index is 2.30. The third-order valence-corrected chi connectivity index (χ3v) is 3.45. The lowest BCUT2D eigenvalue weighted by Gasteiger charge is -2.34. The molecule has 0 saturated carbocycles. The van der Waals surface area contributed by atoms with Crippen LogP contribution in [0, 0.1) is 17.1 Å². The fraction of sp³-hybridized carbons (Fsp3) is 0.500. The molecule has 0 aromatic heterocycles. The Kier molecular flexibility index (Phi) is 4.72. The van der Waals surface area contributed by atoms with Crippen LogP contribution in [0.2, 0.25) is 0 Å². The molecule has 0 bridgehead atoms. The van der Waals surface area contributed by atoms with Gasteiger partial charge in [-0.1, -0.05) is 12.1 Å². The molecule has 1 aliphatic heterocycles. The second-order valence-electron chi connectivity index (χ2n) is 4.53. The smallest absolute Gasteiger partial charge is 0.169 e. The molecule has 0 spiro atoms. The largest absolute Gasteiger partial charge is 0.494 e. The minimum Gasteiger partial charge on any atom is -0.494 e. The Morgan fingerprint density at radius 1 is 1.47 bits per heavy atom. The molecule has 0 aliphatic carbocycles. The van der Waals surface area contributed by atoms with Crippen LogP contribution in [0.4, 0.5) is 4.39 Å². The zero-order chi connectivity index (χ0) is 13.7. The van der Waals surface area contributed by atoms with Crippen molar-refractivity contribution in [2.45, 2.75) is 12.5 Å². The maximum atomic E-state index is 14.3. The summed E-state index contributed by atoms with van der Waals surface area (Å²) >= 11 is 0. The summed E-state index contributed by atoms with van der Waals surface area (Å²) in [5.74, 6) is -0.126. The second kappa shape index (κ2) is 6.50. The van der Waals surface area contributed by atoms with E-state index in [4.69, 9.17) is 10.00 Å². The summed E-state index contributed by atoms with van der Waals surface area (Å²) < 4.78 is 19.3. The zero-order valence-electron chi connectivity index (χ0n) is 11.0. The molecule has 5 heteroatoms. The summed E-state index contributed by atoms with van der Waals surface area (Å²) in [7, 11) is 1.45. The average molecular weight is 263 g/mol. The van der Waals surface area contributed by atoms with Gasteiger partial charge in [-0.2, -0.15) is 5.26 Å². The van der Waals surface area contributed by atoms with Gasteiger partial charge in [0.15, 0.2) is 11.6 Å². The summed E-state index contributed by atoms with van der Waals surface area (Å²) in [6.07, 6.45) is 0.282. The molecule has 1 aromatic rings. The molecule has 1 fully saturated rings. The summed E-state index contributed by atoms with van der Waals surface area (Å²) in [6, 6.07) is 7.06. The molecule has 1 heterocycles. The predicted molar refractivity (Wildman–Crippen MR) is 70.4 cm³/mol. The van der Waals surface area contributed by atoms with Crippen molar-refractivity contribution in [1.29, 1.82) is 5.26 Å². The number of nitrogens with zero attached hydrogens (tertiary/aromatic N) is 2. The van der Waals surface area contributed by atoms with Crippen LogP contribution in [0.3, 0.4) is 0 Å². The molecular weight excluding hydrogens is 245 g/mol. The zero-order valence-corrected chi connectivity index (χ0v) is 11.0. The van der Waals surface area contributed by atoms with Gasteiger partial charge in [-0.25, -0.2) is 4.39 Å². The van der Waals surface area contributed by atoms with Gasteiger partial charge in [-0.15, -0.1) is 0 Å². The number of piperazine rings is 1. The van der Waals surface area contributed by atoms with Crippen molar-refractivity contribution in [2.75, 3.05) is 33.3 Å². The number of methoxy groups -OCH3 is 1. The molecule has 0 unspecified atom stereocenters. The predicted octanol–water partition coefficient (Wildman–Crippen LogP) is 1.69. The van der Waals surface area contributed by atoms with E-state index in [1.807, 2.05) is 0 Å². The van der Waals surface area contributed by atoms with E-state index in [0.29, 0.717) is 5.56 Å². The highest BCUT2D eigenvalue weighted by Crippen LogP contribution is 2.30. The van der Waals surface area contributed by atoms with Crippen molar-refractivity contribution in [3.63, 3.8) is 0 Å². The minimum absolute atomic E-state index is 0.206. The molecule has 2 rings (SSSR count). The monoisotopic (exact) mass is 263 g/mol. The van der Waals surface area contributed by atoms with E-state index in [1.54, 1.807) is 18.2 Å². The summed E-state index contributed by atoms with van der Waals surface area (Å²) in [6.45, 7) is 3.38. The SMILES string of the molecule is COc1cccc([C@H](CC#N)N2CCNCC2)c1F. The topological polar surface area (TPSA) is 48.3 Å². The van der Waals surface area contributed by atoms with Gasteiger partial charge in [-0.05, 0) is 6.07 Å². The fourth-order valence-electron chi connectivity index (χ4n) is 2.46. The lowest BCUT2D eigenvalue weighted by molar-refractivity contribution is 0.172. The van der Waals surface area contributed by atoms with Crippen molar-refractivity contribution in [2.24, 2.45) is 0 Å². The molecule has 4 nitrogen and oxygen atoms in total. The van der Waals surface area contributed by atoms with Gasteiger partial charge in [0.05, 0.1) is 25.6 Å². The first-order chi connectivity index (χ1) is 9.27. The number of hydrogen-bond acceptors (Lipinski definition) is 4. The molecule has 1 atom stereocenters. The van der Waals surface area contributed by atoms with Crippen LogP contribution in [0.15, 0.2) is 18.2 Å². The van der Waals surface area contributed by atoms with Gasteiger partial charge in [0.1, 0.15) is 0 Å². The van der Waals surface area contributed by atoms with Crippen LogP contribution >= 0.6 is 0 Å². The average Bonchev–Trinajstić information content (AvgIpc) is 2.46.